The summed E-state index contributed by atoms with van der Waals surface area (Å²) in [4.78, 5) is 25.8. The van der Waals surface area contributed by atoms with Crippen molar-refractivity contribution in [3.63, 3.8) is 0 Å². The van der Waals surface area contributed by atoms with E-state index >= 15 is 0 Å². The molecule has 4 rings (SSSR count). The number of carbonyl (C=O) groups excluding carboxylic acids is 2. The quantitative estimate of drug-likeness (QED) is 0.595. The molecule has 32 heavy (non-hydrogen) atoms. The van der Waals surface area contributed by atoms with Crippen LogP contribution >= 0.6 is 0 Å². The second-order valence-electron chi connectivity index (χ2n) is 7.58. The summed E-state index contributed by atoms with van der Waals surface area (Å²) in [6.45, 7) is 4.70. The van der Waals surface area contributed by atoms with Gasteiger partial charge in [0.2, 0.25) is 5.91 Å². The third kappa shape index (κ3) is 4.39. The van der Waals surface area contributed by atoms with Gasteiger partial charge in [0.05, 0.1) is 11.6 Å². The summed E-state index contributed by atoms with van der Waals surface area (Å²) in [7, 11) is 0. The van der Waals surface area contributed by atoms with Gasteiger partial charge in [-0.25, -0.2) is 4.39 Å². The molecule has 8 heteroatoms. The summed E-state index contributed by atoms with van der Waals surface area (Å²) in [5, 5.41) is 4.62. The van der Waals surface area contributed by atoms with E-state index < -0.39 is 11.7 Å². The standard InChI is InChI=1S/C24H23FN4O3/c1-2-22(30)28-13-5-6-17(14-28)29-15-19(24(26)31)23(27-29)16-9-11-18(12-10-16)32-21-8-4-3-7-20(21)25/h2-4,7-12,15,17H,1,5-6,13-14H2,(H2,26,31)/t17-/m1/s1. The molecule has 1 aromatic heterocycles. The van der Waals surface area contributed by atoms with Gasteiger partial charge < -0.3 is 15.4 Å². The number of halogens is 1. The number of benzene rings is 2. The molecule has 0 aliphatic carbocycles. The van der Waals surface area contributed by atoms with Crippen LogP contribution < -0.4 is 10.5 Å². The first-order valence-electron chi connectivity index (χ1n) is 10.3. The average Bonchev–Trinajstić information content (AvgIpc) is 3.27. The highest BCUT2D eigenvalue weighted by molar-refractivity contribution is 5.98. The number of piperidine rings is 1. The maximum absolute atomic E-state index is 13.8. The van der Waals surface area contributed by atoms with E-state index in [1.165, 1.54) is 12.1 Å². The van der Waals surface area contributed by atoms with Gasteiger partial charge in [-0.1, -0.05) is 18.7 Å². The number of nitrogens with two attached hydrogens (primary N) is 1. The third-order valence-electron chi connectivity index (χ3n) is 5.45. The van der Waals surface area contributed by atoms with Gasteiger partial charge in [-0.05, 0) is 55.3 Å². The number of hydrogen-bond acceptors (Lipinski definition) is 4. The lowest BCUT2D eigenvalue weighted by Crippen LogP contribution is -2.40. The molecule has 1 fully saturated rings. The minimum absolute atomic E-state index is 0.0665. The summed E-state index contributed by atoms with van der Waals surface area (Å²) in [6, 6.07) is 12.9. The second kappa shape index (κ2) is 9.05. The van der Waals surface area contributed by atoms with Crippen molar-refractivity contribution in [1.29, 1.82) is 0 Å². The minimum Gasteiger partial charge on any atom is -0.454 e. The van der Waals surface area contributed by atoms with E-state index in [4.69, 9.17) is 10.5 Å². The average molecular weight is 434 g/mol. The molecule has 1 saturated heterocycles. The van der Waals surface area contributed by atoms with Crippen molar-refractivity contribution in [2.75, 3.05) is 13.1 Å². The van der Waals surface area contributed by atoms with Crippen LogP contribution in [0, 0.1) is 5.82 Å². The Balaban J connectivity index is 1.59. The van der Waals surface area contributed by atoms with Crippen molar-refractivity contribution in [3.05, 3.63) is 78.8 Å². The molecule has 3 aromatic rings. The Morgan fingerprint density at radius 2 is 1.94 bits per heavy atom. The summed E-state index contributed by atoms with van der Waals surface area (Å²) in [5.74, 6) is -0.596. The topological polar surface area (TPSA) is 90.5 Å². The van der Waals surface area contributed by atoms with Crippen molar-refractivity contribution in [3.8, 4) is 22.8 Å². The first kappa shape index (κ1) is 21.3. The first-order valence-corrected chi connectivity index (χ1v) is 10.3. The van der Waals surface area contributed by atoms with E-state index in [-0.39, 0.29) is 17.7 Å². The highest BCUT2D eigenvalue weighted by Gasteiger charge is 2.26. The van der Waals surface area contributed by atoms with Crippen molar-refractivity contribution in [1.82, 2.24) is 14.7 Å². The van der Waals surface area contributed by atoms with Crippen molar-refractivity contribution >= 4 is 11.8 Å². The van der Waals surface area contributed by atoms with Crippen LogP contribution in [0.4, 0.5) is 4.39 Å². The van der Waals surface area contributed by atoms with Crippen LogP contribution in [-0.2, 0) is 4.79 Å². The Morgan fingerprint density at radius 3 is 2.62 bits per heavy atom. The van der Waals surface area contributed by atoms with Gasteiger partial charge in [-0.3, -0.25) is 14.3 Å². The summed E-state index contributed by atoms with van der Waals surface area (Å²) in [5.41, 5.74) is 7.02. The molecule has 2 amide bonds. The first-order chi connectivity index (χ1) is 15.5. The molecule has 0 bridgehead atoms. The van der Waals surface area contributed by atoms with Crippen LogP contribution in [0.2, 0.25) is 0 Å². The monoisotopic (exact) mass is 434 g/mol. The molecule has 2 N–H and O–H groups in total. The zero-order valence-electron chi connectivity index (χ0n) is 17.4. The molecule has 7 nitrogen and oxygen atoms in total. The number of ether oxygens (including phenoxy) is 1. The van der Waals surface area contributed by atoms with Crippen molar-refractivity contribution in [2.24, 2.45) is 5.73 Å². The number of amides is 2. The van der Waals surface area contributed by atoms with Gasteiger partial charge in [-0.2, -0.15) is 5.10 Å². The van der Waals surface area contributed by atoms with E-state index in [0.717, 1.165) is 12.8 Å². The molecule has 164 valence electrons. The fourth-order valence-electron chi connectivity index (χ4n) is 3.81. The normalized spacial score (nSPS) is 15.9. The summed E-state index contributed by atoms with van der Waals surface area (Å²) in [6.07, 6.45) is 4.59. The van der Waals surface area contributed by atoms with Crippen LogP contribution in [0.25, 0.3) is 11.3 Å². The highest BCUT2D eigenvalue weighted by Crippen LogP contribution is 2.30. The largest absolute Gasteiger partial charge is 0.454 e. The number of hydrogen-bond donors (Lipinski definition) is 1. The third-order valence-corrected chi connectivity index (χ3v) is 5.45. The number of carbonyl (C=O) groups is 2. The van der Waals surface area contributed by atoms with E-state index in [0.29, 0.717) is 35.7 Å². The number of primary amides is 1. The maximum atomic E-state index is 13.8. The SMILES string of the molecule is C=CC(=O)N1CCC[C@@H](n2cc(C(N)=O)c(-c3ccc(Oc4ccccc4F)cc3)n2)C1. The van der Waals surface area contributed by atoms with Crippen LogP contribution in [0.5, 0.6) is 11.5 Å². The minimum atomic E-state index is -0.590. The molecule has 2 heterocycles. The lowest BCUT2D eigenvalue weighted by atomic mass is 10.1. The van der Waals surface area contributed by atoms with Gasteiger partial charge in [0.15, 0.2) is 11.6 Å². The Morgan fingerprint density at radius 1 is 1.19 bits per heavy atom. The molecule has 0 saturated carbocycles. The van der Waals surface area contributed by atoms with Crippen molar-refractivity contribution < 1.29 is 18.7 Å². The molecule has 0 unspecified atom stereocenters. The molecule has 0 spiro atoms. The maximum Gasteiger partial charge on any atom is 0.252 e. The smallest absolute Gasteiger partial charge is 0.252 e. The molecule has 1 aliphatic rings. The van der Waals surface area contributed by atoms with Crippen LogP contribution in [0.3, 0.4) is 0 Å². The fourth-order valence-corrected chi connectivity index (χ4v) is 3.81. The van der Waals surface area contributed by atoms with Gasteiger partial charge >= 0.3 is 0 Å². The number of aromatic nitrogens is 2. The predicted molar refractivity (Wildman–Crippen MR) is 118 cm³/mol. The Labute approximate surface area is 184 Å². The highest BCUT2D eigenvalue weighted by atomic mass is 19.1. The van der Waals surface area contributed by atoms with E-state index in [2.05, 4.69) is 11.7 Å². The van der Waals surface area contributed by atoms with Gasteiger partial charge in [0, 0.05) is 24.8 Å². The fraction of sp³-hybridized carbons (Fsp3) is 0.208. The van der Waals surface area contributed by atoms with Crippen LogP contribution in [-0.4, -0.2) is 39.6 Å². The molecular weight excluding hydrogens is 411 g/mol. The number of para-hydroxylation sites is 1. The molecular formula is C24H23FN4O3. The zero-order valence-corrected chi connectivity index (χ0v) is 17.4. The zero-order chi connectivity index (χ0) is 22.7. The predicted octanol–water partition coefficient (Wildman–Crippen LogP) is 3.93. The number of nitrogens with zero attached hydrogens (tertiary/aromatic N) is 3. The van der Waals surface area contributed by atoms with Gasteiger partial charge in [0.25, 0.3) is 5.91 Å². The van der Waals surface area contributed by atoms with Gasteiger partial charge in [-0.15, -0.1) is 0 Å². The Bertz CT molecular complexity index is 1160. The molecule has 1 aliphatic heterocycles. The molecule has 1 atom stereocenters. The van der Waals surface area contributed by atoms with E-state index in [1.807, 2.05) is 0 Å². The van der Waals surface area contributed by atoms with E-state index in [9.17, 15) is 14.0 Å². The van der Waals surface area contributed by atoms with Crippen molar-refractivity contribution in [2.45, 2.75) is 18.9 Å². The lowest BCUT2D eigenvalue weighted by Gasteiger charge is -2.32. The summed E-state index contributed by atoms with van der Waals surface area (Å²) >= 11 is 0. The lowest BCUT2D eigenvalue weighted by molar-refractivity contribution is -0.127. The van der Waals surface area contributed by atoms with E-state index in [1.54, 1.807) is 58.2 Å². The van der Waals surface area contributed by atoms with Gasteiger partial charge in [0.1, 0.15) is 11.4 Å². The molecule has 2 aromatic carbocycles. The molecule has 0 radical (unpaired) electrons. The van der Waals surface area contributed by atoms with Crippen LogP contribution in [0.15, 0.2) is 67.4 Å². The second-order valence-corrected chi connectivity index (χ2v) is 7.58. The number of likely N-dealkylation sites (tertiary alicyclic amines) is 1. The van der Waals surface area contributed by atoms with Crippen LogP contribution in [0.1, 0.15) is 29.2 Å². The number of rotatable bonds is 6. The summed E-state index contributed by atoms with van der Waals surface area (Å²) < 4.78 is 21.1. The Kier molecular flexibility index (Phi) is 6.02. The Hall–Kier alpha value is -3.94.